The summed E-state index contributed by atoms with van der Waals surface area (Å²) in [5, 5.41) is 292. The number of phenols is 26. The van der Waals surface area contributed by atoms with Gasteiger partial charge in [0, 0.05) is 28.3 Å². The zero-order valence-electron chi connectivity index (χ0n) is 60.3. The fourth-order valence-electron chi connectivity index (χ4n) is 12.9. The molecule has 4 aliphatic rings. The Kier molecular flexibility index (Phi) is 21.3. The molecule has 0 aromatic heterocycles. The molecule has 0 saturated carbocycles. The molecule has 9 aromatic rings. The maximum Gasteiger partial charge on any atom is 0.342 e. The molecule has 4 unspecified atom stereocenters. The quantitative estimate of drug-likeness (QED) is 0.0475. The Balaban J connectivity index is 0.896. The third-order valence-electron chi connectivity index (χ3n) is 18.9. The molecule has 10 atom stereocenters. The van der Waals surface area contributed by atoms with Gasteiger partial charge in [0.05, 0.1) is 44.5 Å². The lowest BCUT2D eigenvalue weighted by Gasteiger charge is -2.43. The van der Waals surface area contributed by atoms with Crippen molar-refractivity contribution in [1.82, 2.24) is 0 Å². The maximum atomic E-state index is 15.0. The van der Waals surface area contributed by atoms with Crippen LogP contribution >= 0.6 is 0 Å². The Bertz CT molecular complexity index is 6000. The van der Waals surface area contributed by atoms with Gasteiger partial charge in [0.2, 0.25) is 52.6 Å². The minimum absolute atomic E-state index is 0.153. The molecule has 4 aliphatic heterocycles. The van der Waals surface area contributed by atoms with Gasteiger partial charge in [-0.15, -0.1) is 0 Å². The van der Waals surface area contributed by atoms with Crippen molar-refractivity contribution in [2.75, 3.05) is 13.2 Å². The Labute approximate surface area is 676 Å². The first-order valence-electron chi connectivity index (χ1n) is 34.1. The van der Waals surface area contributed by atoms with Crippen molar-refractivity contribution in [3.05, 3.63) is 129 Å². The number of ether oxygens (including phenoxy) is 12. The van der Waals surface area contributed by atoms with E-state index >= 15 is 4.79 Å². The van der Waals surface area contributed by atoms with E-state index in [-0.39, 0.29) is 24.3 Å². The van der Waals surface area contributed by atoms with Crippen LogP contribution in [0.4, 0.5) is 0 Å². The van der Waals surface area contributed by atoms with E-state index in [4.69, 9.17) is 56.8 Å². The number of aromatic hydroxyl groups is 26. The summed E-state index contributed by atoms with van der Waals surface area (Å²) < 4.78 is 67.6. The van der Waals surface area contributed by atoms with Crippen LogP contribution in [0.25, 0.3) is 22.3 Å². The molecule has 123 heavy (non-hydrogen) atoms. The van der Waals surface area contributed by atoms with E-state index in [1.807, 2.05) is 0 Å². The van der Waals surface area contributed by atoms with E-state index in [1.54, 1.807) is 0 Å². The van der Waals surface area contributed by atoms with Gasteiger partial charge in [0.25, 0.3) is 0 Å². The molecule has 48 nitrogen and oxygen atoms in total. The highest BCUT2D eigenvalue weighted by atomic mass is 16.8. The minimum Gasteiger partial charge on any atom is -0.504 e. The summed E-state index contributed by atoms with van der Waals surface area (Å²) in [6.45, 7) is -2.90. The molecule has 0 aliphatic carbocycles. The van der Waals surface area contributed by atoms with Crippen molar-refractivity contribution in [3.63, 3.8) is 0 Å². The molecule has 48 heteroatoms. The smallest absolute Gasteiger partial charge is 0.342 e. The van der Waals surface area contributed by atoms with E-state index in [0.717, 1.165) is 0 Å². The van der Waals surface area contributed by atoms with Crippen LogP contribution in [0.15, 0.2) is 78.9 Å². The van der Waals surface area contributed by atoms with Gasteiger partial charge >= 0.3 is 53.7 Å². The number of cyclic esters (lactones) is 2. The topological polar surface area (TPSA) is 811 Å². The predicted octanol–water partition coefficient (Wildman–Crippen LogP) is 2.75. The molecule has 2 fully saturated rings. The van der Waals surface area contributed by atoms with Gasteiger partial charge in [-0.2, -0.15) is 0 Å². The van der Waals surface area contributed by atoms with Gasteiger partial charge in [-0.1, -0.05) is 0 Å². The zero-order chi connectivity index (χ0) is 89.7. The molecule has 2 saturated heterocycles. The molecule has 0 radical (unpaired) electrons. The Morgan fingerprint density at radius 3 is 0.943 bits per heavy atom. The van der Waals surface area contributed by atoms with Gasteiger partial charge < -0.3 is 195 Å². The Hall–Kier alpha value is -17.3. The van der Waals surface area contributed by atoms with Crippen molar-refractivity contribution in [2.45, 2.75) is 61.4 Å². The fraction of sp³-hybridized carbons (Fsp3) is 0.160. The van der Waals surface area contributed by atoms with Crippen LogP contribution in [0.2, 0.25) is 0 Å². The number of carbonyl (C=O) groups is 9. The lowest BCUT2D eigenvalue weighted by molar-refractivity contribution is -0.284. The number of phenolic OH excluding ortho intramolecular Hbond substituents is 26. The van der Waals surface area contributed by atoms with Crippen LogP contribution in [0.5, 0.6) is 161 Å². The third-order valence-corrected chi connectivity index (χ3v) is 18.9. The molecule has 0 spiro atoms. The molecule has 9 aromatic carbocycles. The summed E-state index contributed by atoms with van der Waals surface area (Å²) in [4.78, 5) is 131. The first kappa shape index (κ1) is 83.6. The molecule has 13 rings (SSSR count). The van der Waals surface area contributed by atoms with Gasteiger partial charge in [-0.3, -0.25) is 0 Å². The number of aliphatic hydroxyl groups excluding tert-OH is 1. The second kappa shape index (κ2) is 31.3. The van der Waals surface area contributed by atoms with Crippen LogP contribution in [-0.4, -0.2) is 266 Å². The van der Waals surface area contributed by atoms with E-state index in [9.17, 15) is 176 Å². The standard InChI is InChI=1S/C75H54O48/c76-25-1-16(2-26(77)44(25)88)65(102)119-61-59-38(14-112-69(106)20-9-32(83)48(92)53(97)40(20)42-22(71(108)117-59)11-34(85)50(94)55(42)99)115-74(111)63(61)121-73(110)24-13-36(87)52(96)57(101)58(24)114-37-8-19(7-31(82)47(37)91)68(105)123-75-64(122-67(104)18-5-29(80)46(90)30(81)6-18)62(120-66(103)17-3-27(78)45(89)28(79)4-17)60-39(116-75)15-113-70(107)21-10-33(84)49(93)54(98)41(21)43-23(72(109)118-60)12-35(86)51(95)56(43)100/h1-13,38-39,59-64,74-101,111H,14-15H2/t38?,39?,59-,60-,61+,62+,63?,64+,74-,75?/m1/s1. The van der Waals surface area contributed by atoms with Crippen molar-refractivity contribution in [1.29, 1.82) is 0 Å². The van der Waals surface area contributed by atoms with Crippen LogP contribution in [-0.2, 0) is 52.1 Å². The lowest BCUT2D eigenvalue weighted by atomic mass is 9.92. The molecule has 4 heterocycles. The number of carbonyl (C=O) groups excluding carboxylic acids is 9. The number of esters is 9. The lowest BCUT2D eigenvalue weighted by Crippen LogP contribution is -2.63. The maximum absolute atomic E-state index is 15.0. The normalized spacial score (nSPS) is 19.8. The average molecular weight is 1720 g/mol. The van der Waals surface area contributed by atoms with Crippen LogP contribution in [0.3, 0.4) is 0 Å². The number of fused-ring (bicyclic) bond motifs is 8. The van der Waals surface area contributed by atoms with Crippen LogP contribution < -0.4 is 4.74 Å². The average Bonchev–Trinajstić information content (AvgIpc) is 1.73. The number of rotatable bonds is 12. The first-order valence-corrected chi connectivity index (χ1v) is 34.1. The van der Waals surface area contributed by atoms with E-state index in [0.29, 0.717) is 54.6 Å². The zero-order valence-corrected chi connectivity index (χ0v) is 60.3. The monoisotopic (exact) mass is 1720 g/mol. The molecule has 27 N–H and O–H groups in total. The van der Waals surface area contributed by atoms with E-state index < -0.39 is 362 Å². The Morgan fingerprint density at radius 1 is 0.285 bits per heavy atom. The van der Waals surface area contributed by atoms with Crippen molar-refractivity contribution < 1.29 is 238 Å². The fourth-order valence-corrected chi connectivity index (χ4v) is 12.9. The molecule has 642 valence electrons. The summed E-state index contributed by atoms with van der Waals surface area (Å²) in [5.74, 6) is -57.5. The second-order valence-corrected chi connectivity index (χ2v) is 26.5. The first-order chi connectivity index (χ1) is 57.9. The predicted molar refractivity (Wildman–Crippen MR) is 380 cm³/mol. The summed E-state index contributed by atoms with van der Waals surface area (Å²) in [7, 11) is 0. The summed E-state index contributed by atoms with van der Waals surface area (Å²) in [6.07, 6.45) is -27.4. The van der Waals surface area contributed by atoms with E-state index in [2.05, 4.69) is 0 Å². The van der Waals surface area contributed by atoms with Gasteiger partial charge in [0.15, 0.2) is 158 Å². The van der Waals surface area contributed by atoms with Gasteiger partial charge in [0.1, 0.15) is 31.0 Å². The Morgan fingerprint density at radius 2 is 0.569 bits per heavy atom. The van der Waals surface area contributed by atoms with Crippen molar-refractivity contribution in [3.8, 4) is 183 Å². The van der Waals surface area contributed by atoms with Crippen molar-refractivity contribution in [2.24, 2.45) is 0 Å². The number of aliphatic hydroxyl groups is 1. The number of hydrogen-bond acceptors (Lipinski definition) is 48. The van der Waals surface area contributed by atoms with Crippen molar-refractivity contribution >= 4 is 53.7 Å². The minimum atomic E-state index is -2.96. The molecule has 0 amide bonds. The highest BCUT2D eigenvalue weighted by Gasteiger charge is 2.57. The summed E-state index contributed by atoms with van der Waals surface area (Å²) in [5.41, 5.74) is -15.3. The summed E-state index contributed by atoms with van der Waals surface area (Å²) in [6, 6.07) is 4.53. The van der Waals surface area contributed by atoms with E-state index in [1.165, 1.54) is 0 Å². The van der Waals surface area contributed by atoms with Crippen LogP contribution in [0.1, 0.15) is 93.2 Å². The van der Waals surface area contributed by atoms with Crippen LogP contribution in [0, 0.1) is 0 Å². The third kappa shape index (κ3) is 14.8. The number of hydrogen-bond donors (Lipinski definition) is 27. The highest BCUT2D eigenvalue weighted by molar-refractivity contribution is 6.10. The SMILES string of the molecule is O=C(OC1OC2COC(=O)c3cc(O)c(O)c(O)c3-c3c(cc(O)c(O)c3O)C(=O)O[C@H]2[C@H](OC(=O)c2cc(O)c(O)c(O)c2)[C@@H]1OC(=O)c1cc(O)c(O)c(O)c1)c1cc(O)c(O)c(Oc2c(C(=O)OC3[C@H](O)OC4COC(=O)c5cc(O)c(O)c(O)c5-c5c(cc(O)c(O)c5O)C(=O)O[C@H]4[C@@H]3OC(=O)c3cc(O)c(O)c(O)c3)cc(O)c(O)c2O)c1. The number of benzene rings is 9. The molecular weight excluding hydrogens is 1670 g/mol. The summed E-state index contributed by atoms with van der Waals surface area (Å²) >= 11 is 0. The second-order valence-electron chi connectivity index (χ2n) is 26.5. The molecule has 0 bridgehead atoms. The van der Waals surface area contributed by atoms with Gasteiger partial charge in [-0.25, -0.2) is 43.2 Å². The molecular formula is C75H54O48. The highest BCUT2D eigenvalue weighted by Crippen LogP contribution is 2.57. The largest absolute Gasteiger partial charge is 0.504 e. The van der Waals surface area contributed by atoms with Gasteiger partial charge in [-0.05, 0) is 72.8 Å².